The molecule has 0 aromatic carbocycles. The van der Waals surface area contributed by atoms with Gasteiger partial charge in [0, 0.05) is 37.9 Å². The van der Waals surface area contributed by atoms with Crippen molar-refractivity contribution < 1.29 is 9.32 Å². The molecule has 0 atom stereocenters. The minimum atomic E-state index is 0.136. The SMILES string of the molecule is Cc1cccnc1N1CCN(C(=O)Cc2c(C)noc2C)CC1. The van der Waals surface area contributed by atoms with Gasteiger partial charge in [-0.05, 0) is 32.4 Å². The van der Waals surface area contributed by atoms with Crippen molar-refractivity contribution in [3.63, 3.8) is 0 Å². The molecule has 2 aromatic rings. The molecule has 0 bridgehead atoms. The number of piperazine rings is 1. The molecule has 0 unspecified atom stereocenters. The molecule has 23 heavy (non-hydrogen) atoms. The van der Waals surface area contributed by atoms with Crippen molar-refractivity contribution in [3.05, 3.63) is 40.9 Å². The summed E-state index contributed by atoms with van der Waals surface area (Å²) in [4.78, 5) is 21.1. The van der Waals surface area contributed by atoms with Crippen LogP contribution < -0.4 is 4.90 Å². The number of hydrogen-bond acceptors (Lipinski definition) is 5. The molecule has 1 saturated heterocycles. The molecule has 1 amide bonds. The Morgan fingerprint density at radius 1 is 1.22 bits per heavy atom. The maximum Gasteiger partial charge on any atom is 0.227 e. The zero-order valence-electron chi connectivity index (χ0n) is 13.9. The van der Waals surface area contributed by atoms with Gasteiger partial charge in [-0.1, -0.05) is 11.2 Å². The summed E-state index contributed by atoms with van der Waals surface area (Å²) in [6, 6.07) is 4.01. The van der Waals surface area contributed by atoms with Crippen molar-refractivity contribution in [1.29, 1.82) is 0 Å². The molecule has 6 heteroatoms. The van der Waals surface area contributed by atoms with Crippen molar-refractivity contribution in [2.45, 2.75) is 27.2 Å². The van der Waals surface area contributed by atoms with Crippen molar-refractivity contribution >= 4 is 11.7 Å². The summed E-state index contributed by atoms with van der Waals surface area (Å²) in [5.41, 5.74) is 2.89. The summed E-state index contributed by atoms with van der Waals surface area (Å²) in [6.45, 7) is 8.86. The Bertz CT molecular complexity index is 683. The van der Waals surface area contributed by atoms with Crippen molar-refractivity contribution in [2.24, 2.45) is 0 Å². The molecule has 2 aromatic heterocycles. The van der Waals surface area contributed by atoms with Crippen LogP contribution in [0.1, 0.15) is 22.6 Å². The van der Waals surface area contributed by atoms with Crippen molar-refractivity contribution in [1.82, 2.24) is 15.0 Å². The molecular formula is C17H22N4O2. The second-order valence-electron chi connectivity index (χ2n) is 5.99. The third kappa shape index (κ3) is 3.21. The summed E-state index contributed by atoms with van der Waals surface area (Å²) in [5.74, 6) is 1.89. The normalized spacial score (nSPS) is 15.1. The highest BCUT2D eigenvalue weighted by atomic mass is 16.5. The number of rotatable bonds is 3. The number of anilines is 1. The standard InChI is InChI=1S/C17H22N4O2/c1-12-5-4-6-18-17(12)21-9-7-20(8-10-21)16(22)11-15-13(2)19-23-14(15)3/h4-6H,7-11H2,1-3H3. The van der Waals surface area contributed by atoms with Gasteiger partial charge in [0.25, 0.3) is 0 Å². The third-order valence-electron chi connectivity index (χ3n) is 4.42. The average molecular weight is 314 g/mol. The number of aromatic nitrogens is 2. The van der Waals surface area contributed by atoms with Gasteiger partial charge in [-0.15, -0.1) is 0 Å². The Balaban J connectivity index is 1.61. The first-order valence-electron chi connectivity index (χ1n) is 7.92. The van der Waals surface area contributed by atoms with Gasteiger partial charge in [0.15, 0.2) is 0 Å². The quantitative estimate of drug-likeness (QED) is 0.865. The molecule has 6 nitrogen and oxygen atoms in total. The molecule has 3 heterocycles. The van der Waals surface area contributed by atoms with E-state index in [0.29, 0.717) is 6.42 Å². The highest BCUT2D eigenvalue weighted by Crippen LogP contribution is 2.19. The molecule has 1 aliphatic rings. The van der Waals surface area contributed by atoms with Crippen LogP contribution in [-0.4, -0.2) is 47.1 Å². The molecule has 1 fully saturated rings. The van der Waals surface area contributed by atoms with Gasteiger partial charge in [0.1, 0.15) is 11.6 Å². The second kappa shape index (κ2) is 6.40. The smallest absolute Gasteiger partial charge is 0.227 e. The van der Waals surface area contributed by atoms with E-state index in [1.807, 2.05) is 31.0 Å². The molecular weight excluding hydrogens is 292 g/mol. The van der Waals surface area contributed by atoms with Crippen molar-refractivity contribution in [3.8, 4) is 0 Å². The van der Waals surface area contributed by atoms with Crippen LogP contribution in [0.5, 0.6) is 0 Å². The van der Waals surface area contributed by atoms with Gasteiger partial charge in [-0.25, -0.2) is 4.98 Å². The monoisotopic (exact) mass is 314 g/mol. The minimum absolute atomic E-state index is 0.136. The number of carbonyl (C=O) groups is 1. The Morgan fingerprint density at radius 2 is 1.96 bits per heavy atom. The van der Waals surface area contributed by atoms with Gasteiger partial charge in [0.2, 0.25) is 5.91 Å². The van der Waals surface area contributed by atoms with Gasteiger partial charge in [-0.3, -0.25) is 4.79 Å². The van der Waals surface area contributed by atoms with Crippen LogP contribution in [0.25, 0.3) is 0 Å². The van der Waals surface area contributed by atoms with Crippen LogP contribution in [0, 0.1) is 20.8 Å². The summed E-state index contributed by atoms with van der Waals surface area (Å²) >= 11 is 0. The Kier molecular flexibility index (Phi) is 4.32. The topological polar surface area (TPSA) is 62.5 Å². The number of amides is 1. The summed E-state index contributed by atoms with van der Waals surface area (Å²) in [7, 11) is 0. The summed E-state index contributed by atoms with van der Waals surface area (Å²) in [5, 5.41) is 3.91. The van der Waals surface area contributed by atoms with E-state index in [2.05, 4.69) is 28.0 Å². The second-order valence-corrected chi connectivity index (χ2v) is 5.99. The predicted molar refractivity (Wildman–Crippen MR) is 87.4 cm³/mol. The lowest BCUT2D eigenvalue weighted by Crippen LogP contribution is -2.49. The van der Waals surface area contributed by atoms with Crippen LogP contribution >= 0.6 is 0 Å². The van der Waals surface area contributed by atoms with Gasteiger partial charge < -0.3 is 14.3 Å². The summed E-state index contributed by atoms with van der Waals surface area (Å²) in [6.07, 6.45) is 2.18. The van der Waals surface area contributed by atoms with E-state index in [1.165, 1.54) is 5.56 Å². The molecule has 122 valence electrons. The number of pyridine rings is 1. The largest absolute Gasteiger partial charge is 0.361 e. The first kappa shape index (κ1) is 15.5. The van der Waals surface area contributed by atoms with E-state index >= 15 is 0 Å². The molecule has 1 aliphatic heterocycles. The third-order valence-corrected chi connectivity index (χ3v) is 4.42. The molecule has 0 saturated carbocycles. The molecule has 0 radical (unpaired) electrons. The van der Waals surface area contributed by atoms with Crippen molar-refractivity contribution in [2.75, 3.05) is 31.1 Å². The van der Waals surface area contributed by atoms with Crippen LogP contribution in [0.2, 0.25) is 0 Å². The lowest BCUT2D eigenvalue weighted by Gasteiger charge is -2.36. The van der Waals surface area contributed by atoms with Gasteiger partial charge in [-0.2, -0.15) is 0 Å². The van der Waals surface area contributed by atoms with E-state index < -0.39 is 0 Å². The molecule has 0 N–H and O–H groups in total. The fourth-order valence-electron chi connectivity index (χ4n) is 2.99. The highest BCUT2D eigenvalue weighted by molar-refractivity contribution is 5.79. The fourth-order valence-corrected chi connectivity index (χ4v) is 2.99. The Hall–Kier alpha value is -2.37. The highest BCUT2D eigenvalue weighted by Gasteiger charge is 2.24. The number of aryl methyl sites for hydroxylation is 3. The lowest BCUT2D eigenvalue weighted by molar-refractivity contribution is -0.130. The number of nitrogens with zero attached hydrogens (tertiary/aromatic N) is 4. The molecule has 0 aliphatic carbocycles. The van der Waals surface area contributed by atoms with Gasteiger partial charge in [0.05, 0.1) is 12.1 Å². The minimum Gasteiger partial charge on any atom is -0.361 e. The Labute approximate surface area is 136 Å². The van der Waals surface area contributed by atoms with Crippen LogP contribution in [-0.2, 0) is 11.2 Å². The van der Waals surface area contributed by atoms with E-state index in [1.54, 1.807) is 0 Å². The zero-order chi connectivity index (χ0) is 16.4. The first-order chi connectivity index (χ1) is 11.1. The van der Waals surface area contributed by atoms with E-state index in [0.717, 1.165) is 49.0 Å². The van der Waals surface area contributed by atoms with Crippen LogP contribution in [0.15, 0.2) is 22.9 Å². The maximum absolute atomic E-state index is 12.5. The first-order valence-corrected chi connectivity index (χ1v) is 7.92. The van der Waals surface area contributed by atoms with E-state index in [9.17, 15) is 4.79 Å². The molecule has 3 rings (SSSR count). The number of carbonyl (C=O) groups excluding carboxylic acids is 1. The van der Waals surface area contributed by atoms with Gasteiger partial charge >= 0.3 is 0 Å². The average Bonchev–Trinajstić information content (AvgIpc) is 2.87. The predicted octanol–water partition coefficient (Wildman–Crippen LogP) is 1.89. The fraction of sp³-hybridized carbons (Fsp3) is 0.471. The lowest BCUT2D eigenvalue weighted by atomic mass is 10.1. The number of hydrogen-bond donors (Lipinski definition) is 0. The Morgan fingerprint density at radius 3 is 2.57 bits per heavy atom. The summed E-state index contributed by atoms with van der Waals surface area (Å²) < 4.78 is 5.13. The zero-order valence-corrected chi connectivity index (χ0v) is 13.9. The molecule has 0 spiro atoms. The van der Waals surface area contributed by atoms with E-state index in [-0.39, 0.29) is 5.91 Å². The van der Waals surface area contributed by atoms with Crippen LogP contribution in [0.4, 0.5) is 5.82 Å². The maximum atomic E-state index is 12.5. The van der Waals surface area contributed by atoms with Crippen LogP contribution in [0.3, 0.4) is 0 Å². The van der Waals surface area contributed by atoms with E-state index in [4.69, 9.17) is 4.52 Å².